The molecule has 0 fully saturated rings. The fourth-order valence-electron chi connectivity index (χ4n) is 6.16. The first-order valence-corrected chi connectivity index (χ1v) is 17.1. The minimum Gasteiger partial charge on any atom is -0.506 e. The number of fused-ring (bicyclic) bond motifs is 1. The maximum absolute atomic E-state index is 16.5. The number of phenolic OH excluding ortho intramolecular Hbond substituents is 1. The average Bonchev–Trinajstić information content (AvgIpc) is 3.18. The molecule has 0 spiro atoms. The first-order chi connectivity index (χ1) is 22.5. The van der Waals surface area contributed by atoms with Crippen LogP contribution in [0.2, 0.25) is 0 Å². The van der Waals surface area contributed by atoms with Crippen molar-refractivity contribution in [2.45, 2.75) is 46.3 Å². The van der Waals surface area contributed by atoms with Gasteiger partial charge < -0.3 is 19.9 Å². The molecule has 0 radical (unpaired) electrons. The van der Waals surface area contributed by atoms with E-state index < -0.39 is 33.0 Å². The van der Waals surface area contributed by atoms with Crippen LogP contribution in [0.15, 0.2) is 95.7 Å². The van der Waals surface area contributed by atoms with Gasteiger partial charge in [-0.3, -0.25) is 9.69 Å². The number of carbonyl (C=O) groups excluding carboxylic acids is 1. The van der Waals surface area contributed by atoms with Crippen molar-refractivity contribution in [2.75, 3.05) is 22.6 Å². The summed E-state index contributed by atoms with van der Waals surface area (Å²) in [7, 11) is -4.10. The number of carbonyl (C=O) groups is 1. The Balaban J connectivity index is 1.56. The highest BCUT2D eigenvalue weighted by Gasteiger charge is 2.48. The number of aromatic hydroxyl groups is 1. The van der Waals surface area contributed by atoms with Crippen LogP contribution in [0.25, 0.3) is 0 Å². The van der Waals surface area contributed by atoms with Crippen molar-refractivity contribution in [1.29, 1.82) is 0 Å². The van der Waals surface area contributed by atoms with Crippen LogP contribution in [0, 0.1) is 11.2 Å². The van der Waals surface area contributed by atoms with E-state index in [1.807, 2.05) is 51.1 Å². The van der Waals surface area contributed by atoms with Gasteiger partial charge in [0.25, 0.3) is 5.91 Å². The number of hydrogen-bond donors (Lipinski definition) is 2. The standard InChI is InChI=1S/C36H36FN3O6S/c1-4-18-45-30-14-9-17-38-32(30)35(42)40-28-12-8-13-29(41)31(28)39-27-20-36(2,3)22-47(43,44)34(27)33(40)25-16-15-24(19-26(25)37)46-21-23-10-6-5-7-11-23/h5-17,19,33,39,41H,4,18,20-22H2,1-3H3. The molecule has 9 nitrogen and oxygen atoms in total. The number of allylic oxidation sites excluding steroid dienone is 1. The lowest BCUT2D eigenvalue weighted by atomic mass is 9.88. The fourth-order valence-corrected chi connectivity index (χ4v) is 8.52. The third kappa shape index (κ3) is 6.40. The van der Waals surface area contributed by atoms with Gasteiger partial charge in [0.15, 0.2) is 21.3 Å². The Bertz CT molecular complexity index is 1960. The molecule has 1 aromatic heterocycles. The number of amides is 1. The number of aromatic nitrogens is 1. The van der Waals surface area contributed by atoms with Crippen LogP contribution in [0.1, 0.15) is 61.3 Å². The van der Waals surface area contributed by atoms with Gasteiger partial charge in [0.05, 0.1) is 23.0 Å². The molecular formula is C36H36FN3O6S. The minimum absolute atomic E-state index is 0.0638. The maximum atomic E-state index is 16.5. The first kappa shape index (κ1) is 32.1. The molecule has 1 atom stereocenters. The van der Waals surface area contributed by atoms with Crippen molar-refractivity contribution < 1.29 is 32.2 Å². The molecule has 2 aliphatic rings. The zero-order chi connectivity index (χ0) is 33.3. The van der Waals surface area contributed by atoms with E-state index in [1.54, 1.807) is 30.3 Å². The molecule has 6 rings (SSSR count). The van der Waals surface area contributed by atoms with Gasteiger partial charge in [-0.15, -0.1) is 0 Å². The summed E-state index contributed by atoms with van der Waals surface area (Å²) < 4.78 is 56.7. The Morgan fingerprint density at radius 2 is 1.85 bits per heavy atom. The van der Waals surface area contributed by atoms with Crippen LogP contribution in [-0.2, 0) is 16.4 Å². The second-order valence-corrected chi connectivity index (χ2v) is 14.4. The van der Waals surface area contributed by atoms with Gasteiger partial charge in [-0.25, -0.2) is 17.8 Å². The second-order valence-electron chi connectivity index (χ2n) is 12.5. The molecule has 3 aromatic carbocycles. The van der Waals surface area contributed by atoms with Crippen molar-refractivity contribution in [1.82, 2.24) is 4.98 Å². The summed E-state index contributed by atoms with van der Waals surface area (Å²) >= 11 is 0. The lowest BCUT2D eigenvalue weighted by Crippen LogP contribution is -2.41. The highest BCUT2D eigenvalue weighted by atomic mass is 32.2. The van der Waals surface area contributed by atoms with Crippen LogP contribution in [0.5, 0.6) is 17.2 Å². The largest absolute Gasteiger partial charge is 0.506 e. The number of rotatable bonds is 8. The topological polar surface area (TPSA) is 118 Å². The smallest absolute Gasteiger partial charge is 0.281 e. The first-order valence-electron chi connectivity index (χ1n) is 15.4. The van der Waals surface area contributed by atoms with Crippen molar-refractivity contribution in [3.8, 4) is 17.2 Å². The molecule has 0 bridgehead atoms. The van der Waals surface area contributed by atoms with E-state index in [2.05, 4.69) is 10.3 Å². The van der Waals surface area contributed by atoms with Crippen molar-refractivity contribution in [2.24, 2.45) is 5.41 Å². The Kier molecular flexibility index (Phi) is 8.67. The monoisotopic (exact) mass is 657 g/mol. The lowest BCUT2D eigenvalue weighted by Gasteiger charge is -2.37. The molecule has 2 N–H and O–H groups in total. The molecule has 2 aliphatic heterocycles. The Hall–Kier alpha value is -4.90. The van der Waals surface area contributed by atoms with Crippen molar-refractivity contribution >= 4 is 27.1 Å². The molecule has 0 aliphatic carbocycles. The number of nitrogens with zero attached hydrogens (tertiary/aromatic N) is 2. The van der Waals surface area contributed by atoms with Crippen molar-refractivity contribution in [3.05, 3.63) is 118 Å². The molecular weight excluding hydrogens is 621 g/mol. The number of pyridine rings is 1. The highest BCUT2D eigenvalue weighted by molar-refractivity contribution is 7.95. The molecule has 0 saturated heterocycles. The predicted octanol–water partition coefficient (Wildman–Crippen LogP) is 7.16. The van der Waals surface area contributed by atoms with Gasteiger partial charge in [-0.05, 0) is 60.2 Å². The van der Waals surface area contributed by atoms with Crippen molar-refractivity contribution in [3.63, 3.8) is 0 Å². The Morgan fingerprint density at radius 1 is 1.06 bits per heavy atom. The van der Waals surface area contributed by atoms with E-state index in [-0.39, 0.29) is 69.3 Å². The second kappa shape index (κ2) is 12.7. The molecule has 47 heavy (non-hydrogen) atoms. The van der Waals surface area contributed by atoms with E-state index in [9.17, 15) is 18.3 Å². The summed E-state index contributed by atoms with van der Waals surface area (Å²) in [5.74, 6) is -1.49. The van der Waals surface area contributed by atoms with Crippen LogP contribution in [0.4, 0.5) is 15.8 Å². The number of ether oxygens (including phenoxy) is 2. The molecule has 3 heterocycles. The number of sulfone groups is 1. The highest BCUT2D eigenvalue weighted by Crippen LogP contribution is 2.52. The number of anilines is 2. The molecule has 1 unspecified atom stereocenters. The van der Waals surface area contributed by atoms with Gasteiger partial charge in [-0.1, -0.05) is 57.2 Å². The average molecular weight is 658 g/mol. The zero-order valence-electron chi connectivity index (χ0n) is 26.4. The Labute approximate surface area is 273 Å². The van der Waals surface area contributed by atoms with Crippen LogP contribution >= 0.6 is 0 Å². The summed E-state index contributed by atoms with van der Waals surface area (Å²) in [6.45, 7) is 6.09. The third-order valence-corrected chi connectivity index (χ3v) is 10.4. The number of para-hydroxylation sites is 1. The van der Waals surface area contributed by atoms with E-state index in [0.29, 0.717) is 13.0 Å². The number of hydrogen-bond acceptors (Lipinski definition) is 8. The van der Waals surface area contributed by atoms with Crippen LogP contribution < -0.4 is 19.7 Å². The summed E-state index contributed by atoms with van der Waals surface area (Å²) in [5.41, 5.74) is 0.609. The van der Waals surface area contributed by atoms with E-state index in [1.165, 1.54) is 29.3 Å². The van der Waals surface area contributed by atoms with E-state index >= 15 is 4.39 Å². The van der Waals surface area contributed by atoms with Gasteiger partial charge in [0, 0.05) is 23.5 Å². The predicted molar refractivity (Wildman–Crippen MR) is 178 cm³/mol. The quantitative estimate of drug-likeness (QED) is 0.192. The normalized spacial score (nSPS) is 18.0. The third-order valence-electron chi connectivity index (χ3n) is 8.10. The van der Waals surface area contributed by atoms with Gasteiger partial charge in [-0.2, -0.15) is 0 Å². The lowest BCUT2D eigenvalue weighted by molar-refractivity contribution is 0.0971. The maximum Gasteiger partial charge on any atom is 0.281 e. The van der Waals surface area contributed by atoms with E-state index in [0.717, 1.165) is 5.56 Å². The Morgan fingerprint density at radius 3 is 2.60 bits per heavy atom. The van der Waals surface area contributed by atoms with Gasteiger partial charge >= 0.3 is 0 Å². The molecule has 11 heteroatoms. The minimum atomic E-state index is -4.10. The number of phenols is 1. The summed E-state index contributed by atoms with van der Waals surface area (Å²) in [5, 5.41) is 14.2. The van der Waals surface area contributed by atoms with Gasteiger partial charge in [0.2, 0.25) is 0 Å². The summed E-state index contributed by atoms with van der Waals surface area (Å²) in [6, 6.07) is 19.9. The van der Waals surface area contributed by atoms with Crippen LogP contribution in [-0.4, -0.2) is 36.8 Å². The van der Waals surface area contributed by atoms with Gasteiger partial charge in [0.1, 0.15) is 35.7 Å². The van der Waals surface area contributed by atoms with Crippen LogP contribution in [0.3, 0.4) is 0 Å². The summed E-state index contributed by atoms with van der Waals surface area (Å²) in [4.78, 5) is 20.1. The number of nitrogens with one attached hydrogen (secondary N) is 1. The van der Waals surface area contributed by atoms with E-state index in [4.69, 9.17) is 9.47 Å². The molecule has 0 saturated carbocycles. The summed E-state index contributed by atoms with van der Waals surface area (Å²) in [6.07, 6.45) is 2.37. The SMILES string of the molecule is CCCOc1cccnc1C(=O)N1c2cccc(O)c2NC2=C(C1c1ccc(OCc3ccccc3)cc1F)S(=O)(=O)CC(C)(C)C2. The fraction of sp³-hybridized carbons (Fsp3) is 0.278. The molecule has 4 aromatic rings. The number of benzene rings is 3. The zero-order valence-corrected chi connectivity index (χ0v) is 27.2. The number of halogens is 1. The molecule has 244 valence electrons. The molecule has 1 amide bonds.